The number of fused-ring (bicyclic) bond motifs is 2. The lowest BCUT2D eigenvalue weighted by Gasteiger charge is -2.41. The van der Waals surface area contributed by atoms with Crippen molar-refractivity contribution in [1.82, 2.24) is 35.1 Å². The van der Waals surface area contributed by atoms with Crippen molar-refractivity contribution in [1.29, 1.82) is 0 Å². The Morgan fingerprint density at radius 2 is 2.03 bits per heavy atom. The van der Waals surface area contributed by atoms with Crippen LogP contribution >= 0.6 is 0 Å². The number of benzene rings is 1. The van der Waals surface area contributed by atoms with Gasteiger partial charge in [0, 0.05) is 24.7 Å². The molecule has 0 radical (unpaired) electrons. The predicted octanol–water partition coefficient (Wildman–Crippen LogP) is 0.443. The second kappa shape index (κ2) is 8.14. The van der Waals surface area contributed by atoms with E-state index in [1.54, 1.807) is 29.2 Å². The van der Waals surface area contributed by atoms with Gasteiger partial charge in [0.1, 0.15) is 17.4 Å². The largest absolute Gasteiger partial charge is 0.417 e. The smallest absolute Gasteiger partial charge is 0.408 e. The second-order valence-electron chi connectivity index (χ2n) is 8.27. The van der Waals surface area contributed by atoms with Gasteiger partial charge < -0.3 is 20.0 Å². The molecule has 3 N–H and O–H groups in total. The van der Waals surface area contributed by atoms with Gasteiger partial charge in [0.25, 0.3) is 11.8 Å². The van der Waals surface area contributed by atoms with Crippen LogP contribution in [0.4, 0.5) is 0 Å². The molecule has 3 amide bonds. The number of carbonyl (C=O) groups is 3. The van der Waals surface area contributed by atoms with Crippen LogP contribution in [0.15, 0.2) is 45.7 Å². The molecule has 4 heterocycles. The number of oxazole rings is 1. The van der Waals surface area contributed by atoms with Gasteiger partial charge in [0.05, 0.1) is 18.3 Å². The minimum atomic E-state index is -0.616. The van der Waals surface area contributed by atoms with Gasteiger partial charge in [-0.3, -0.25) is 19.4 Å². The van der Waals surface area contributed by atoms with Crippen molar-refractivity contribution in [3.8, 4) is 0 Å². The van der Waals surface area contributed by atoms with Gasteiger partial charge in [-0.2, -0.15) is 5.10 Å². The molecule has 174 valence electrons. The molecule has 0 unspecified atom stereocenters. The van der Waals surface area contributed by atoms with Gasteiger partial charge in [0.2, 0.25) is 5.91 Å². The van der Waals surface area contributed by atoms with Gasteiger partial charge in [-0.15, -0.1) is 0 Å². The first-order valence-electron chi connectivity index (χ1n) is 10.7. The Kier molecular flexibility index (Phi) is 5.11. The molecule has 1 atom stereocenters. The molecule has 3 aromatic heterocycles. The Hall–Kier alpha value is -4.48. The third-order valence-corrected chi connectivity index (χ3v) is 5.65. The molecule has 0 saturated carbocycles. The lowest BCUT2D eigenvalue weighted by Crippen LogP contribution is -2.65. The van der Waals surface area contributed by atoms with Gasteiger partial charge in [-0.25, -0.2) is 14.3 Å². The Balaban J connectivity index is 1.33. The number of amides is 3. The molecule has 1 aliphatic rings. The molecule has 1 aliphatic heterocycles. The van der Waals surface area contributed by atoms with Crippen LogP contribution in [-0.2, 0) is 11.3 Å². The molecule has 4 aromatic rings. The summed E-state index contributed by atoms with van der Waals surface area (Å²) in [6, 6.07) is 7.41. The average Bonchev–Trinajstić information content (AvgIpc) is 3.43. The van der Waals surface area contributed by atoms with E-state index in [9.17, 15) is 19.2 Å². The minimum absolute atomic E-state index is 0.0275. The fourth-order valence-corrected chi connectivity index (χ4v) is 3.83. The Morgan fingerprint density at radius 3 is 2.79 bits per heavy atom. The molecular weight excluding hydrogens is 442 g/mol. The van der Waals surface area contributed by atoms with E-state index < -0.39 is 23.6 Å². The number of β-lactam (4-membered cyclic amide) rings is 1. The number of likely N-dealkylation sites (tertiary alicyclic amines) is 1. The average molecular weight is 463 g/mol. The zero-order valence-electron chi connectivity index (χ0n) is 18.4. The van der Waals surface area contributed by atoms with Gasteiger partial charge in [-0.05, 0) is 31.5 Å². The summed E-state index contributed by atoms with van der Waals surface area (Å²) in [6.07, 6.45) is 1.47. The quantitative estimate of drug-likeness (QED) is 0.351. The van der Waals surface area contributed by atoms with Crippen molar-refractivity contribution >= 4 is 34.5 Å². The highest BCUT2D eigenvalue weighted by atomic mass is 16.4. The maximum absolute atomic E-state index is 12.9. The second-order valence-corrected chi connectivity index (χ2v) is 8.27. The number of hydrogen-bond acceptors (Lipinski definition) is 7. The number of rotatable bonds is 6. The number of nitrogens with one attached hydrogen (secondary N) is 3. The Labute approximate surface area is 191 Å². The Bertz CT molecular complexity index is 1500. The summed E-state index contributed by atoms with van der Waals surface area (Å²) in [5, 5.41) is 9.56. The van der Waals surface area contributed by atoms with E-state index in [0.29, 0.717) is 23.3 Å². The summed E-state index contributed by atoms with van der Waals surface area (Å²) in [5.74, 6) is -1.73. The molecule has 12 heteroatoms. The molecular formula is C22H21N7O5. The minimum Gasteiger partial charge on any atom is -0.408 e. The van der Waals surface area contributed by atoms with Crippen molar-refractivity contribution in [2.24, 2.45) is 0 Å². The normalized spacial score (nSPS) is 15.7. The summed E-state index contributed by atoms with van der Waals surface area (Å²) in [6.45, 7) is 4.40. The van der Waals surface area contributed by atoms with E-state index in [1.165, 1.54) is 16.8 Å². The number of aromatic amines is 1. The van der Waals surface area contributed by atoms with Gasteiger partial charge >= 0.3 is 5.76 Å². The van der Waals surface area contributed by atoms with Crippen molar-refractivity contribution in [3.05, 3.63) is 64.0 Å². The first-order valence-corrected chi connectivity index (χ1v) is 10.7. The van der Waals surface area contributed by atoms with Crippen LogP contribution in [0.2, 0.25) is 0 Å². The van der Waals surface area contributed by atoms with Crippen LogP contribution in [0.3, 0.4) is 0 Å². The van der Waals surface area contributed by atoms with Crippen LogP contribution in [-0.4, -0.2) is 60.8 Å². The molecule has 5 rings (SSSR count). The van der Waals surface area contributed by atoms with E-state index in [2.05, 4.69) is 25.7 Å². The highest BCUT2D eigenvalue weighted by Gasteiger charge is 2.39. The SMILES string of the molecule is CC(C)N1C[C@H](NC(=O)c2cc(C(=O)NCc3ccc4oc(=O)[nH]c4c3)nc3ccnn23)C1=O. The van der Waals surface area contributed by atoms with E-state index >= 15 is 0 Å². The zero-order valence-corrected chi connectivity index (χ0v) is 18.4. The first kappa shape index (κ1) is 21.4. The third-order valence-electron chi connectivity index (χ3n) is 5.65. The lowest BCUT2D eigenvalue weighted by molar-refractivity contribution is -0.145. The maximum atomic E-state index is 12.9. The van der Waals surface area contributed by atoms with Crippen LogP contribution in [0.1, 0.15) is 40.4 Å². The molecule has 34 heavy (non-hydrogen) atoms. The number of hydrogen-bond donors (Lipinski definition) is 3. The van der Waals surface area contributed by atoms with E-state index in [1.807, 2.05) is 13.8 Å². The summed E-state index contributed by atoms with van der Waals surface area (Å²) in [7, 11) is 0. The summed E-state index contributed by atoms with van der Waals surface area (Å²) < 4.78 is 6.29. The fourth-order valence-electron chi connectivity index (χ4n) is 3.83. The van der Waals surface area contributed by atoms with Crippen molar-refractivity contribution in [2.45, 2.75) is 32.5 Å². The molecule has 0 bridgehead atoms. The molecule has 12 nitrogen and oxygen atoms in total. The predicted molar refractivity (Wildman–Crippen MR) is 119 cm³/mol. The zero-order chi connectivity index (χ0) is 24.0. The molecule has 1 aromatic carbocycles. The highest BCUT2D eigenvalue weighted by Crippen LogP contribution is 2.16. The highest BCUT2D eigenvalue weighted by molar-refractivity contribution is 6.01. The summed E-state index contributed by atoms with van der Waals surface area (Å²) in [5.41, 5.74) is 2.12. The summed E-state index contributed by atoms with van der Waals surface area (Å²) in [4.78, 5) is 57.8. The number of aromatic nitrogens is 4. The summed E-state index contributed by atoms with van der Waals surface area (Å²) >= 11 is 0. The van der Waals surface area contributed by atoms with Crippen LogP contribution in [0, 0.1) is 0 Å². The van der Waals surface area contributed by atoms with Crippen LogP contribution < -0.4 is 16.4 Å². The standard InChI is InChI=1S/C22H21N7O5/c1-11(2)28-10-15(21(28)32)26-20(31)16-8-14(25-18-5-6-24-29(16)18)19(30)23-9-12-3-4-17-13(7-12)27-22(33)34-17/h3-8,11,15H,9-10H2,1-2H3,(H,23,30)(H,26,31)(H,27,33)/t15-/m0/s1. The van der Waals surface area contributed by atoms with E-state index in [0.717, 1.165) is 5.56 Å². The van der Waals surface area contributed by atoms with Crippen molar-refractivity contribution in [2.75, 3.05) is 6.54 Å². The molecule has 0 aliphatic carbocycles. The fraction of sp³-hybridized carbons (Fsp3) is 0.273. The molecule has 1 fully saturated rings. The van der Waals surface area contributed by atoms with Gasteiger partial charge in [-0.1, -0.05) is 6.07 Å². The maximum Gasteiger partial charge on any atom is 0.417 e. The Morgan fingerprint density at radius 1 is 1.21 bits per heavy atom. The van der Waals surface area contributed by atoms with E-state index in [-0.39, 0.29) is 29.9 Å². The molecule has 1 saturated heterocycles. The van der Waals surface area contributed by atoms with E-state index in [4.69, 9.17) is 4.42 Å². The third kappa shape index (κ3) is 3.78. The number of nitrogens with zero attached hydrogens (tertiary/aromatic N) is 4. The van der Waals surface area contributed by atoms with Gasteiger partial charge in [0.15, 0.2) is 11.2 Å². The molecule has 0 spiro atoms. The van der Waals surface area contributed by atoms with Crippen LogP contribution in [0.25, 0.3) is 16.7 Å². The number of carbonyl (C=O) groups excluding carboxylic acids is 3. The van der Waals surface area contributed by atoms with Crippen molar-refractivity contribution in [3.63, 3.8) is 0 Å². The lowest BCUT2D eigenvalue weighted by atomic mass is 10.1. The number of H-pyrrole nitrogens is 1. The first-order chi connectivity index (χ1) is 16.3. The van der Waals surface area contributed by atoms with Crippen molar-refractivity contribution < 1.29 is 18.8 Å². The topological polar surface area (TPSA) is 155 Å². The monoisotopic (exact) mass is 463 g/mol. The van der Waals surface area contributed by atoms with Crippen LogP contribution in [0.5, 0.6) is 0 Å².